The van der Waals surface area contributed by atoms with Crippen LogP contribution in [0, 0.1) is 17.8 Å². The second kappa shape index (κ2) is 5.74. The molecule has 4 nitrogen and oxygen atoms in total. The molecule has 2 atom stereocenters. The van der Waals surface area contributed by atoms with Gasteiger partial charge in [0.15, 0.2) is 5.82 Å². The molecule has 0 amide bonds. The van der Waals surface area contributed by atoms with Crippen molar-refractivity contribution in [1.82, 2.24) is 14.9 Å². The number of benzene rings is 1. The Bertz CT molecular complexity index is 764. The van der Waals surface area contributed by atoms with Crippen molar-refractivity contribution in [2.24, 2.45) is 17.8 Å². The van der Waals surface area contributed by atoms with E-state index >= 15 is 0 Å². The van der Waals surface area contributed by atoms with Crippen molar-refractivity contribution in [3.8, 4) is 0 Å². The van der Waals surface area contributed by atoms with E-state index in [4.69, 9.17) is 0 Å². The van der Waals surface area contributed by atoms with Crippen LogP contribution in [0.1, 0.15) is 25.3 Å². The van der Waals surface area contributed by atoms with Gasteiger partial charge in [-0.3, -0.25) is 4.90 Å². The molecule has 2 aromatic rings. The highest BCUT2D eigenvalue weighted by molar-refractivity contribution is 7.99. The minimum absolute atomic E-state index is 0.872. The van der Waals surface area contributed by atoms with Crippen LogP contribution in [-0.2, 0) is 6.54 Å². The van der Waals surface area contributed by atoms with Crippen LogP contribution in [0.15, 0.2) is 40.5 Å². The molecule has 1 N–H and O–H groups in total. The second-order valence-corrected chi connectivity index (χ2v) is 8.45. The normalized spacial score (nSPS) is 28.1. The molecule has 2 fully saturated rings. The number of hydrogen-bond acceptors (Lipinski definition) is 5. The maximum absolute atomic E-state index is 4.40. The number of hydrogen-bond donors (Lipinski definition) is 1. The summed E-state index contributed by atoms with van der Waals surface area (Å²) < 4.78 is 0. The lowest BCUT2D eigenvalue weighted by atomic mass is 9.87. The Morgan fingerprint density at radius 1 is 1.17 bits per heavy atom. The molecule has 0 radical (unpaired) electrons. The quantitative estimate of drug-likeness (QED) is 0.760. The summed E-state index contributed by atoms with van der Waals surface area (Å²) in [7, 11) is 0. The van der Waals surface area contributed by atoms with Crippen LogP contribution in [0.3, 0.4) is 0 Å². The van der Waals surface area contributed by atoms with Gasteiger partial charge in [-0.1, -0.05) is 24.8 Å². The largest absolute Gasteiger partial charge is 0.337 e. The first kappa shape index (κ1) is 14.7. The van der Waals surface area contributed by atoms with Crippen molar-refractivity contribution in [3.05, 3.63) is 36.2 Å². The fourth-order valence-electron chi connectivity index (χ4n) is 4.56. The second-order valence-electron chi connectivity index (χ2n) is 7.42. The van der Waals surface area contributed by atoms with Gasteiger partial charge in [-0.2, -0.15) is 0 Å². The smallest absolute Gasteiger partial charge is 0.163 e. The lowest BCUT2D eigenvalue weighted by Crippen LogP contribution is -2.40. The van der Waals surface area contributed by atoms with Crippen LogP contribution < -0.4 is 5.32 Å². The summed E-state index contributed by atoms with van der Waals surface area (Å²) in [6.07, 6.45) is 6.35. The Labute approximate surface area is 147 Å². The standard InChI is InChI=1S/C19H22N4S/c1-12-14-3-4-15(12)11-23(10-14)9-13-2-5-17-16(8-13)22-18-19(24-17)21-7-6-20-18/h2,5-8,12,14-15H,3-4,9-11H2,1H3,(H,20,22). The van der Waals surface area contributed by atoms with Gasteiger partial charge in [0.2, 0.25) is 0 Å². The van der Waals surface area contributed by atoms with Gasteiger partial charge in [-0.25, -0.2) is 9.97 Å². The third kappa shape index (κ3) is 2.50. The van der Waals surface area contributed by atoms with Gasteiger partial charge < -0.3 is 5.32 Å². The fraction of sp³-hybridized carbons (Fsp3) is 0.474. The van der Waals surface area contributed by atoms with Gasteiger partial charge in [0, 0.05) is 36.9 Å². The van der Waals surface area contributed by atoms with E-state index in [0.717, 1.165) is 35.1 Å². The first-order valence-electron chi connectivity index (χ1n) is 8.87. The Morgan fingerprint density at radius 3 is 2.79 bits per heavy atom. The average molecular weight is 338 g/mol. The van der Waals surface area contributed by atoms with E-state index in [1.165, 1.54) is 42.1 Å². The Morgan fingerprint density at radius 2 is 1.96 bits per heavy atom. The van der Waals surface area contributed by atoms with E-state index in [2.05, 4.69) is 45.3 Å². The zero-order chi connectivity index (χ0) is 16.1. The molecule has 3 heterocycles. The molecule has 1 aromatic heterocycles. The molecule has 1 aromatic carbocycles. The Hall–Kier alpha value is -1.59. The van der Waals surface area contributed by atoms with Gasteiger partial charge in [-0.05, 0) is 48.3 Å². The minimum atomic E-state index is 0.872. The maximum atomic E-state index is 4.40. The van der Waals surface area contributed by atoms with Crippen LogP contribution in [-0.4, -0.2) is 28.0 Å². The third-order valence-electron chi connectivity index (χ3n) is 5.96. The number of rotatable bonds is 2. The lowest BCUT2D eigenvalue weighted by Gasteiger charge is -2.36. The van der Waals surface area contributed by atoms with Gasteiger partial charge in [0.1, 0.15) is 5.03 Å². The maximum Gasteiger partial charge on any atom is 0.163 e. The zero-order valence-corrected chi connectivity index (χ0v) is 14.7. The van der Waals surface area contributed by atoms with Crippen molar-refractivity contribution in [1.29, 1.82) is 0 Å². The van der Waals surface area contributed by atoms with Crippen molar-refractivity contribution in [3.63, 3.8) is 0 Å². The number of likely N-dealkylation sites (tertiary alicyclic amines) is 1. The lowest BCUT2D eigenvalue weighted by molar-refractivity contribution is 0.113. The summed E-state index contributed by atoms with van der Waals surface area (Å²) in [5.41, 5.74) is 2.56. The van der Waals surface area contributed by atoms with Crippen molar-refractivity contribution in [2.45, 2.75) is 36.2 Å². The SMILES string of the molecule is CC1C2CCC1CN(Cc1ccc3c(c1)Nc1nccnc1S3)C2. The van der Waals surface area contributed by atoms with Crippen LogP contribution >= 0.6 is 11.8 Å². The van der Waals surface area contributed by atoms with Crippen LogP contribution in [0.5, 0.6) is 0 Å². The molecular formula is C19H22N4S. The van der Waals surface area contributed by atoms with E-state index in [1.54, 1.807) is 24.2 Å². The van der Waals surface area contributed by atoms with Gasteiger partial charge in [0.25, 0.3) is 0 Å². The summed E-state index contributed by atoms with van der Waals surface area (Å²) in [4.78, 5) is 12.7. The van der Waals surface area contributed by atoms with Crippen molar-refractivity contribution in [2.75, 3.05) is 18.4 Å². The number of aromatic nitrogens is 2. The Kier molecular flexibility index (Phi) is 3.52. The predicted octanol–water partition coefficient (Wildman–Crippen LogP) is 4.16. The molecule has 24 heavy (non-hydrogen) atoms. The molecule has 124 valence electrons. The Balaban J connectivity index is 1.34. The number of fused-ring (bicyclic) bond motifs is 4. The predicted molar refractivity (Wildman–Crippen MR) is 96.5 cm³/mol. The summed E-state index contributed by atoms with van der Waals surface area (Å²) in [5, 5.41) is 4.40. The van der Waals surface area contributed by atoms with E-state index in [9.17, 15) is 0 Å². The average Bonchev–Trinajstić information content (AvgIpc) is 2.81. The van der Waals surface area contributed by atoms with E-state index < -0.39 is 0 Å². The first-order chi connectivity index (χ1) is 11.8. The molecule has 1 saturated heterocycles. The molecule has 5 rings (SSSR count). The van der Waals surface area contributed by atoms with Crippen LogP contribution in [0.25, 0.3) is 0 Å². The van der Waals surface area contributed by atoms with E-state index in [1.807, 2.05) is 0 Å². The van der Waals surface area contributed by atoms with Crippen molar-refractivity contribution >= 4 is 23.3 Å². The zero-order valence-electron chi connectivity index (χ0n) is 13.9. The van der Waals surface area contributed by atoms with Crippen LogP contribution in [0.4, 0.5) is 11.5 Å². The molecule has 2 aliphatic heterocycles. The highest BCUT2D eigenvalue weighted by Crippen LogP contribution is 2.43. The summed E-state index contributed by atoms with van der Waals surface area (Å²) in [6.45, 7) is 6.06. The van der Waals surface area contributed by atoms with Crippen molar-refractivity contribution < 1.29 is 0 Å². The van der Waals surface area contributed by atoms with E-state index in [0.29, 0.717) is 0 Å². The van der Waals surface area contributed by atoms with Crippen LogP contribution in [0.2, 0.25) is 0 Å². The van der Waals surface area contributed by atoms with Gasteiger partial charge in [-0.15, -0.1) is 0 Å². The molecule has 2 bridgehead atoms. The molecule has 1 aliphatic carbocycles. The topological polar surface area (TPSA) is 41.0 Å². The highest BCUT2D eigenvalue weighted by atomic mass is 32.2. The number of nitrogens with one attached hydrogen (secondary N) is 1. The molecule has 2 unspecified atom stereocenters. The number of piperidine rings is 1. The molecule has 1 saturated carbocycles. The molecule has 3 aliphatic rings. The number of nitrogens with zero attached hydrogens (tertiary/aromatic N) is 3. The monoisotopic (exact) mass is 338 g/mol. The van der Waals surface area contributed by atoms with Gasteiger partial charge in [0.05, 0.1) is 5.69 Å². The molecule has 0 spiro atoms. The third-order valence-corrected chi connectivity index (χ3v) is 7.02. The van der Waals surface area contributed by atoms with Gasteiger partial charge >= 0.3 is 0 Å². The first-order valence-corrected chi connectivity index (χ1v) is 9.69. The molecular weight excluding hydrogens is 316 g/mol. The summed E-state index contributed by atoms with van der Waals surface area (Å²) in [5.74, 6) is 3.63. The number of anilines is 2. The van der Waals surface area contributed by atoms with E-state index in [-0.39, 0.29) is 0 Å². The molecule has 5 heteroatoms. The summed E-state index contributed by atoms with van der Waals surface area (Å²) >= 11 is 1.70. The minimum Gasteiger partial charge on any atom is -0.337 e. The highest BCUT2D eigenvalue weighted by Gasteiger charge is 2.38. The fourth-order valence-corrected chi connectivity index (χ4v) is 5.44. The summed E-state index contributed by atoms with van der Waals surface area (Å²) in [6, 6.07) is 6.79.